The fourth-order valence-corrected chi connectivity index (χ4v) is 0.761. The average Bonchev–Trinajstić information content (AvgIpc) is 2.42. The molecule has 0 unspecified atom stereocenters. The summed E-state index contributed by atoms with van der Waals surface area (Å²) in [6.07, 6.45) is 2.42. The molecular formula is C7H15N3O. The van der Waals surface area contributed by atoms with E-state index in [4.69, 9.17) is 5.11 Å². The lowest BCUT2D eigenvalue weighted by atomic mass is 10.3. The summed E-state index contributed by atoms with van der Waals surface area (Å²) in [4.78, 5) is 0. The predicted octanol–water partition coefficient (Wildman–Crippen LogP) is -0.470. The number of nitrogens with zero attached hydrogens (tertiary/aromatic N) is 2. The molecule has 1 heterocycles. The highest BCUT2D eigenvalue weighted by molar-refractivity contribution is 4.99. The molecule has 0 aliphatic heterocycles. The molecule has 0 fully saturated rings. The maximum Gasteiger partial charge on any atom is 0.0492 e. The molecule has 0 saturated heterocycles. The first-order chi connectivity index (χ1) is 5.34. The third-order valence-corrected chi connectivity index (χ3v) is 1.29. The van der Waals surface area contributed by atoms with Crippen molar-refractivity contribution in [1.82, 2.24) is 9.78 Å². The number of hydrogen-bond acceptors (Lipinski definition) is 3. The molecule has 3 N–H and O–H groups in total. The number of aryl methyl sites for hydroxylation is 1. The van der Waals surface area contributed by atoms with Crippen LogP contribution in [0.1, 0.15) is 5.69 Å². The van der Waals surface area contributed by atoms with Crippen LogP contribution in [-0.2, 0) is 13.5 Å². The van der Waals surface area contributed by atoms with Gasteiger partial charge in [-0.2, -0.15) is 5.10 Å². The van der Waals surface area contributed by atoms with Crippen LogP contribution in [0, 0.1) is 0 Å². The van der Waals surface area contributed by atoms with Gasteiger partial charge in [-0.3, -0.25) is 4.68 Å². The first-order valence-corrected chi connectivity index (χ1v) is 3.50. The van der Waals surface area contributed by atoms with E-state index in [1.165, 1.54) is 7.05 Å². The predicted molar refractivity (Wildman–Crippen MR) is 44.1 cm³/mol. The van der Waals surface area contributed by atoms with Crippen LogP contribution in [0.3, 0.4) is 0 Å². The van der Waals surface area contributed by atoms with E-state index in [2.05, 4.69) is 10.8 Å². The lowest BCUT2D eigenvalue weighted by molar-refractivity contribution is 0.296. The van der Waals surface area contributed by atoms with Gasteiger partial charge in [0.1, 0.15) is 0 Å². The van der Waals surface area contributed by atoms with Gasteiger partial charge in [-0.25, -0.2) is 0 Å². The molecule has 0 aliphatic carbocycles. The van der Waals surface area contributed by atoms with Gasteiger partial charge in [-0.1, -0.05) is 0 Å². The number of aromatic nitrogens is 2. The molecule has 0 aliphatic rings. The minimum absolute atomic E-state index is 0.194. The Kier molecular flexibility index (Phi) is 5.42. The fraction of sp³-hybridized carbons (Fsp3) is 0.571. The summed E-state index contributed by atoms with van der Waals surface area (Å²) < 4.78 is 1.76. The highest BCUT2D eigenvalue weighted by Gasteiger charge is 1.94. The molecule has 0 aromatic carbocycles. The quantitative estimate of drug-likeness (QED) is 0.610. The molecule has 1 aromatic heterocycles. The zero-order valence-electron chi connectivity index (χ0n) is 6.99. The standard InChI is InChI=1S/C6H10N2O.CH5N/c1-8-6(3-5-9)2-4-7-8;1-2/h2,4,9H,3,5H2,1H3;2H2,1H3. The average molecular weight is 157 g/mol. The molecule has 0 atom stereocenters. The Bertz CT molecular complexity index is 186. The van der Waals surface area contributed by atoms with Crippen LogP contribution in [-0.4, -0.2) is 28.5 Å². The zero-order valence-corrected chi connectivity index (χ0v) is 6.99. The molecular weight excluding hydrogens is 142 g/mol. The van der Waals surface area contributed by atoms with Crippen LogP contribution >= 0.6 is 0 Å². The summed E-state index contributed by atoms with van der Waals surface area (Å²) in [5.74, 6) is 0. The van der Waals surface area contributed by atoms with Crippen LogP contribution in [0.5, 0.6) is 0 Å². The molecule has 0 bridgehead atoms. The van der Waals surface area contributed by atoms with E-state index in [0.29, 0.717) is 6.42 Å². The maximum atomic E-state index is 8.52. The molecule has 0 saturated carbocycles. The van der Waals surface area contributed by atoms with Crippen LogP contribution in [0.25, 0.3) is 0 Å². The largest absolute Gasteiger partial charge is 0.396 e. The normalized spacial score (nSPS) is 8.73. The van der Waals surface area contributed by atoms with Crippen LogP contribution in [0.15, 0.2) is 12.3 Å². The van der Waals surface area contributed by atoms with Gasteiger partial charge in [0.25, 0.3) is 0 Å². The van der Waals surface area contributed by atoms with Gasteiger partial charge in [0.05, 0.1) is 0 Å². The number of nitrogens with two attached hydrogens (primary N) is 1. The lowest BCUT2D eigenvalue weighted by Crippen LogP contribution is -1.99. The van der Waals surface area contributed by atoms with Gasteiger partial charge in [-0.15, -0.1) is 0 Å². The summed E-state index contributed by atoms with van der Waals surface area (Å²) in [5, 5.41) is 12.5. The minimum atomic E-state index is 0.194. The number of aliphatic hydroxyl groups is 1. The SMILES string of the molecule is CN.Cn1nccc1CCO. The van der Waals surface area contributed by atoms with Crippen molar-refractivity contribution in [1.29, 1.82) is 0 Å². The Hall–Kier alpha value is -0.870. The number of rotatable bonds is 2. The number of aliphatic hydroxyl groups excluding tert-OH is 1. The first-order valence-electron chi connectivity index (χ1n) is 3.50. The number of hydrogen-bond donors (Lipinski definition) is 2. The molecule has 4 nitrogen and oxygen atoms in total. The Morgan fingerprint density at radius 1 is 1.64 bits per heavy atom. The molecule has 0 radical (unpaired) electrons. The van der Waals surface area contributed by atoms with Crippen molar-refractivity contribution in [3.63, 3.8) is 0 Å². The monoisotopic (exact) mass is 157 g/mol. The van der Waals surface area contributed by atoms with Crippen LogP contribution in [0.2, 0.25) is 0 Å². The van der Waals surface area contributed by atoms with E-state index >= 15 is 0 Å². The van der Waals surface area contributed by atoms with Crippen LogP contribution < -0.4 is 5.73 Å². The topological polar surface area (TPSA) is 64.1 Å². The molecule has 1 aromatic rings. The van der Waals surface area contributed by atoms with E-state index in [1.807, 2.05) is 13.1 Å². The molecule has 4 heteroatoms. The molecule has 0 amide bonds. The van der Waals surface area contributed by atoms with Gasteiger partial charge in [0, 0.05) is 32.0 Å². The fourth-order valence-electron chi connectivity index (χ4n) is 0.761. The summed E-state index contributed by atoms with van der Waals surface area (Å²) in [5.41, 5.74) is 5.57. The Morgan fingerprint density at radius 3 is 2.64 bits per heavy atom. The van der Waals surface area contributed by atoms with Crippen molar-refractivity contribution in [3.05, 3.63) is 18.0 Å². The molecule has 11 heavy (non-hydrogen) atoms. The summed E-state index contributed by atoms with van der Waals surface area (Å²) in [6, 6.07) is 1.90. The minimum Gasteiger partial charge on any atom is -0.396 e. The van der Waals surface area contributed by atoms with Crippen molar-refractivity contribution < 1.29 is 5.11 Å². The molecule has 1 rings (SSSR count). The van der Waals surface area contributed by atoms with Crippen molar-refractivity contribution in [2.45, 2.75) is 6.42 Å². The van der Waals surface area contributed by atoms with Gasteiger partial charge in [0.15, 0.2) is 0 Å². The second-order valence-corrected chi connectivity index (χ2v) is 1.92. The Morgan fingerprint density at radius 2 is 2.27 bits per heavy atom. The second kappa shape index (κ2) is 5.88. The highest BCUT2D eigenvalue weighted by Crippen LogP contribution is 1.95. The van der Waals surface area contributed by atoms with Gasteiger partial charge >= 0.3 is 0 Å². The van der Waals surface area contributed by atoms with E-state index < -0.39 is 0 Å². The van der Waals surface area contributed by atoms with E-state index in [-0.39, 0.29) is 6.61 Å². The van der Waals surface area contributed by atoms with Crippen molar-refractivity contribution >= 4 is 0 Å². The Balaban J connectivity index is 0.000000461. The van der Waals surface area contributed by atoms with Crippen molar-refractivity contribution in [2.75, 3.05) is 13.7 Å². The molecule has 0 spiro atoms. The maximum absolute atomic E-state index is 8.52. The van der Waals surface area contributed by atoms with Crippen molar-refractivity contribution in [2.24, 2.45) is 12.8 Å². The van der Waals surface area contributed by atoms with Crippen LogP contribution in [0.4, 0.5) is 0 Å². The zero-order chi connectivity index (χ0) is 8.69. The van der Waals surface area contributed by atoms with Gasteiger partial charge in [-0.05, 0) is 13.1 Å². The Labute approximate surface area is 66.6 Å². The molecule has 64 valence electrons. The summed E-state index contributed by atoms with van der Waals surface area (Å²) in [7, 11) is 3.37. The third-order valence-electron chi connectivity index (χ3n) is 1.29. The second-order valence-electron chi connectivity index (χ2n) is 1.92. The van der Waals surface area contributed by atoms with E-state index in [1.54, 1.807) is 10.9 Å². The highest BCUT2D eigenvalue weighted by atomic mass is 16.3. The smallest absolute Gasteiger partial charge is 0.0492 e. The van der Waals surface area contributed by atoms with Gasteiger partial charge < -0.3 is 10.8 Å². The first kappa shape index (κ1) is 10.1. The van der Waals surface area contributed by atoms with E-state index in [9.17, 15) is 0 Å². The summed E-state index contributed by atoms with van der Waals surface area (Å²) >= 11 is 0. The third kappa shape index (κ3) is 3.15. The lowest BCUT2D eigenvalue weighted by Gasteiger charge is -1.95. The summed E-state index contributed by atoms with van der Waals surface area (Å²) in [6.45, 7) is 0.194. The van der Waals surface area contributed by atoms with Gasteiger partial charge in [0.2, 0.25) is 0 Å². The van der Waals surface area contributed by atoms with Crippen molar-refractivity contribution in [3.8, 4) is 0 Å². The van der Waals surface area contributed by atoms with E-state index in [0.717, 1.165) is 5.69 Å².